The summed E-state index contributed by atoms with van der Waals surface area (Å²) in [7, 11) is 3.13. The van der Waals surface area contributed by atoms with Crippen LogP contribution in [-0.2, 0) is 4.79 Å². The maximum atomic E-state index is 12.2. The molecule has 0 aromatic heterocycles. The molecule has 0 aliphatic carbocycles. The highest BCUT2D eigenvalue weighted by atomic mass is 16.5. The molecule has 2 N–H and O–H groups in total. The van der Waals surface area contributed by atoms with Crippen LogP contribution >= 0.6 is 0 Å². The Balaban J connectivity index is 2.89. The Labute approximate surface area is 124 Å². The van der Waals surface area contributed by atoms with Gasteiger partial charge in [-0.2, -0.15) is 0 Å². The van der Waals surface area contributed by atoms with Crippen LogP contribution in [0.1, 0.15) is 26.7 Å². The van der Waals surface area contributed by atoms with Gasteiger partial charge < -0.3 is 15.2 Å². The van der Waals surface area contributed by atoms with Crippen LogP contribution in [0, 0.1) is 0 Å². The van der Waals surface area contributed by atoms with Crippen LogP contribution in [-0.4, -0.2) is 36.8 Å². The van der Waals surface area contributed by atoms with Crippen molar-refractivity contribution in [3.05, 3.63) is 24.3 Å². The van der Waals surface area contributed by atoms with Crippen molar-refractivity contribution in [1.29, 1.82) is 0 Å². The van der Waals surface area contributed by atoms with Crippen LogP contribution < -0.4 is 15.0 Å². The molecule has 1 rings (SSSR count). The van der Waals surface area contributed by atoms with Crippen molar-refractivity contribution in [2.45, 2.75) is 32.2 Å². The number of hydrogen-bond donors (Lipinski definition) is 2. The molecule has 0 heterocycles. The van der Waals surface area contributed by atoms with Crippen LogP contribution in [0.4, 0.5) is 10.5 Å². The van der Waals surface area contributed by atoms with E-state index in [9.17, 15) is 14.7 Å². The predicted octanol–water partition coefficient (Wildman–Crippen LogP) is 2.48. The van der Waals surface area contributed by atoms with Gasteiger partial charge in [-0.1, -0.05) is 19.4 Å². The number of carboxylic acid groups (broad SMARTS) is 1. The fourth-order valence-electron chi connectivity index (χ4n) is 1.98. The quantitative estimate of drug-likeness (QED) is 0.845. The van der Waals surface area contributed by atoms with E-state index in [2.05, 4.69) is 5.32 Å². The first-order valence-electron chi connectivity index (χ1n) is 6.77. The largest absolute Gasteiger partial charge is 0.497 e. The van der Waals surface area contributed by atoms with Crippen molar-refractivity contribution >= 4 is 17.7 Å². The molecule has 21 heavy (non-hydrogen) atoms. The molecule has 0 spiro atoms. The van der Waals surface area contributed by atoms with Gasteiger partial charge in [-0.05, 0) is 25.5 Å². The van der Waals surface area contributed by atoms with Gasteiger partial charge in [-0.3, -0.25) is 4.90 Å². The Bertz CT molecular complexity index is 518. The summed E-state index contributed by atoms with van der Waals surface area (Å²) in [4.78, 5) is 25.0. The number of ether oxygens (including phenoxy) is 1. The maximum absolute atomic E-state index is 12.2. The molecule has 6 heteroatoms. The Morgan fingerprint density at radius 2 is 2.10 bits per heavy atom. The number of carbonyl (C=O) groups excluding carboxylic acids is 1. The second-order valence-corrected chi connectivity index (χ2v) is 5.08. The highest BCUT2D eigenvalue weighted by Crippen LogP contribution is 2.21. The van der Waals surface area contributed by atoms with Crippen LogP contribution in [0.2, 0.25) is 0 Å². The van der Waals surface area contributed by atoms with Crippen molar-refractivity contribution < 1.29 is 19.4 Å². The highest BCUT2D eigenvalue weighted by Gasteiger charge is 2.34. The molecule has 0 saturated heterocycles. The number of nitrogens with zero attached hydrogens (tertiary/aromatic N) is 1. The van der Waals surface area contributed by atoms with E-state index < -0.39 is 17.5 Å². The van der Waals surface area contributed by atoms with Gasteiger partial charge in [0.05, 0.1) is 7.11 Å². The van der Waals surface area contributed by atoms with E-state index in [4.69, 9.17) is 4.74 Å². The van der Waals surface area contributed by atoms with Gasteiger partial charge >= 0.3 is 12.0 Å². The Kier molecular flexibility index (Phi) is 5.58. The fraction of sp³-hybridized carbons (Fsp3) is 0.467. The van der Waals surface area contributed by atoms with Crippen molar-refractivity contribution in [3.8, 4) is 5.75 Å². The second kappa shape index (κ2) is 6.97. The zero-order valence-electron chi connectivity index (χ0n) is 12.8. The van der Waals surface area contributed by atoms with Crippen LogP contribution in [0.3, 0.4) is 0 Å². The molecule has 0 aliphatic rings. The summed E-state index contributed by atoms with van der Waals surface area (Å²) in [6.07, 6.45) is 1.02. The third kappa shape index (κ3) is 4.11. The molecular formula is C15H22N2O4. The maximum Gasteiger partial charge on any atom is 0.329 e. The summed E-state index contributed by atoms with van der Waals surface area (Å²) in [6, 6.07) is 6.52. The molecule has 0 aliphatic heterocycles. The smallest absolute Gasteiger partial charge is 0.329 e. The van der Waals surface area contributed by atoms with Gasteiger partial charge in [0.1, 0.15) is 11.3 Å². The lowest BCUT2D eigenvalue weighted by Crippen LogP contribution is -2.55. The van der Waals surface area contributed by atoms with Gasteiger partial charge in [0.25, 0.3) is 0 Å². The van der Waals surface area contributed by atoms with E-state index in [-0.39, 0.29) is 0 Å². The first-order chi connectivity index (χ1) is 9.84. The summed E-state index contributed by atoms with van der Waals surface area (Å²) in [6.45, 7) is 3.38. The molecule has 6 nitrogen and oxygen atoms in total. The highest BCUT2D eigenvalue weighted by molar-refractivity contribution is 5.95. The number of rotatable bonds is 6. The van der Waals surface area contributed by atoms with Crippen molar-refractivity contribution in [1.82, 2.24) is 5.32 Å². The monoisotopic (exact) mass is 294 g/mol. The number of amides is 2. The number of benzene rings is 1. The molecule has 0 radical (unpaired) electrons. The number of hydrogen-bond acceptors (Lipinski definition) is 3. The zero-order valence-corrected chi connectivity index (χ0v) is 12.8. The molecule has 1 atom stereocenters. The summed E-state index contributed by atoms with van der Waals surface area (Å²) in [5.74, 6) is -0.418. The van der Waals surface area contributed by atoms with E-state index in [0.29, 0.717) is 24.3 Å². The third-order valence-electron chi connectivity index (χ3n) is 3.35. The normalized spacial score (nSPS) is 13.1. The lowest BCUT2D eigenvalue weighted by atomic mass is 9.96. The first kappa shape index (κ1) is 16.8. The Hall–Kier alpha value is -2.24. The Morgan fingerprint density at radius 3 is 2.62 bits per heavy atom. The number of methoxy groups -OCH3 is 1. The number of aliphatic carboxylic acids is 1. The first-order valence-corrected chi connectivity index (χ1v) is 6.77. The Morgan fingerprint density at radius 1 is 1.43 bits per heavy atom. The number of carboxylic acids is 1. The van der Waals surface area contributed by atoms with E-state index in [0.717, 1.165) is 0 Å². The molecule has 0 bridgehead atoms. The summed E-state index contributed by atoms with van der Waals surface area (Å²) >= 11 is 0. The van der Waals surface area contributed by atoms with E-state index in [1.54, 1.807) is 38.4 Å². The van der Waals surface area contributed by atoms with Crippen LogP contribution in [0.15, 0.2) is 24.3 Å². The fourth-order valence-corrected chi connectivity index (χ4v) is 1.98. The summed E-state index contributed by atoms with van der Waals surface area (Å²) < 4.78 is 5.11. The van der Waals surface area contributed by atoms with Gasteiger partial charge in [-0.15, -0.1) is 0 Å². The molecule has 1 aromatic rings. The lowest BCUT2D eigenvalue weighted by molar-refractivity contribution is -0.144. The molecular weight excluding hydrogens is 272 g/mol. The molecule has 116 valence electrons. The standard InChI is InChI=1S/C15H22N2O4/c1-5-9-15(2,13(18)19)16-14(20)17(3)11-7-6-8-12(10-11)21-4/h6-8,10H,5,9H2,1-4H3,(H,16,20)(H,18,19). The van der Waals surface area contributed by atoms with Crippen molar-refractivity contribution in [3.63, 3.8) is 0 Å². The number of anilines is 1. The minimum Gasteiger partial charge on any atom is -0.497 e. The van der Waals surface area contributed by atoms with Crippen LogP contribution in [0.5, 0.6) is 5.75 Å². The summed E-state index contributed by atoms with van der Waals surface area (Å²) in [5.41, 5.74) is -0.657. The topological polar surface area (TPSA) is 78.9 Å². The van der Waals surface area contributed by atoms with Crippen molar-refractivity contribution in [2.75, 3.05) is 19.1 Å². The average Bonchev–Trinajstić information content (AvgIpc) is 2.46. The molecule has 1 aromatic carbocycles. The number of carbonyl (C=O) groups is 2. The van der Waals surface area contributed by atoms with Gasteiger partial charge in [0.15, 0.2) is 0 Å². The third-order valence-corrected chi connectivity index (χ3v) is 3.35. The van der Waals surface area contributed by atoms with Gasteiger partial charge in [-0.25, -0.2) is 9.59 Å². The van der Waals surface area contributed by atoms with E-state index in [1.807, 2.05) is 6.92 Å². The zero-order chi connectivity index (χ0) is 16.0. The molecule has 0 saturated carbocycles. The number of urea groups is 1. The van der Waals surface area contributed by atoms with E-state index in [1.165, 1.54) is 11.8 Å². The van der Waals surface area contributed by atoms with E-state index >= 15 is 0 Å². The minimum atomic E-state index is -1.28. The molecule has 0 fully saturated rings. The molecule has 1 unspecified atom stereocenters. The van der Waals surface area contributed by atoms with Gasteiger partial charge in [0, 0.05) is 18.8 Å². The van der Waals surface area contributed by atoms with Crippen molar-refractivity contribution in [2.24, 2.45) is 0 Å². The molecule has 2 amide bonds. The summed E-state index contributed by atoms with van der Waals surface area (Å²) in [5, 5.41) is 11.9. The second-order valence-electron chi connectivity index (χ2n) is 5.08. The predicted molar refractivity (Wildman–Crippen MR) is 80.9 cm³/mol. The average molecular weight is 294 g/mol. The van der Waals surface area contributed by atoms with Gasteiger partial charge in [0.2, 0.25) is 0 Å². The SMILES string of the molecule is CCCC(C)(NC(=O)N(C)c1cccc(OC)c1)C(=O)O. The van der Waals surface area contributed by atoms with Crippen LogP contribution in [0.25, 0.3) is 0 Å². The number of nitrogens with one attached hydrogen (secondary N) is 1. The minimum absolute atomic E-state index is 0.361. The lowest BCUT2D eigenvalue weighted by Gasteiger charge is -2.29.